The summed E-state index contributed by atoms with van der Waals surface area (Å²) in [7, 11) is -3.56. The number of hydrogen-bond donors (Lipinski definition) is 0. The maximum Gasteiger partial charge on any atom is 0.254 e. The molecule has 0 aliphatic carbocycles. The van der Waals surface area contributed by atoms with Gasteiger partial charge in [-0.3, -0.25) is 4.79 Å². The van der Waals surface area contributed by atoms with Crippen LogP contribution < -0.4 is 0 Å². The largest absolute Gasteiger partial charge is 0.323 e. The van der Waals surface area contributed by atoms with Gasteiger partial charge in [-0.05, 0) is 56.5 Å². The first-order valence-corrected chi connectivity index (χ1v) is 11.7. The molecule has 0 bridgehead atoms. The summed E-state index contributed by atoms with van der Waals surface area (Å²) in [5.74, 6) is 2.32. The van der Waals surface area contributed by atoms with Crippen molar-refractivity contribution in [2.75, 3.05) is 13.1 Å². The van der Waals surface area contributed by atoms with Crippen molar-refractivity contribution < 1.29 is 13.2 Å². The predicted molar refractivity (Wildman–Crippen MR) is 118 cm³/mol. The van der Waals surface area contributed by atoms with E-state index in [1.54, 1.807) is 21.3 Å². The second-order valence-electron chi connectivity index (χ2n) is 7.84. The number of nitrogens with zero attached hydrogens (tertiary/aromatic N) is 2. The van der Waals surface area contributed by atoms with E-state index < -0.39 is 10.0 Å². The van der Waals surface area contributed by atoms with Gasteiger partial charge in [-0.1, -0.05) is 42.2 Å². The number of aryl methyl sites for hydroxylation is 1. The molecule has 1 saturated heterocycles. The molecule has 1 atom stereocenters. The molecule has 1 unspecified atom stereocenters. The van der Waals surface area contributed by atoms with Crippen LogP contribution in [0.2, 0.25) is 0 Å². The fraction of sp³-hybridized carbons (Fsp3) is 0.375. The number of carbonyl (C=O) groups is 1. The third kappa shape index (κ3) is 4.92. The molecule has 2 aromatic carbocycles. The molecule has 30 heavy (non-hydrogen) atoms. The Balaban J connectivity index is 1.78. The topological polar surface area (TPSA) is 57.7 Å². The van der Waals surface area contributed by atoms with Gasteiger partial charge in [0.25, 0.3) is 5.91 Å². The van der Waals surface area contributed by atoms with Crippen molar-refractivity contribution in [3.05, 3.63) is 65.2 Å². The summed E-state index contributed by atoms with van der Waals surface area (Å²) in [5, 5.41) is 0. The molecule has 3 rings (SSSR count). The van der Waals surface area contributed by atoms with Gasteiger partial charge >= 0.3 is 0 Å². The van der Waals surface area contributed by atoms with E-state index in [0.29, 0.717) is 18.7 Å². The smallest absolute Gasteiger partial charge is 0.254 e. The number of piperidine rings is 1. The zero-order valence-corrected chi connectivity index (χ0v) is 18.4. The Hall–Kier alpha value is -2.62. The van der Waals surface area contributed by atoms with Crippen LogP contribution in [0.15, 0.2) is 53.4 Å². The van der Waals surface area contributed by atoms with Crippen LogP contribution >= 0.6 is 0 Å². The maximum atomic E-state index is 13.0. The van der Waals surface area contributed by atoms with Crippen LogP contribution in [0, 0.1) is 19.3 Å². The van der Waals surface area contributed by atoms with Crippen LogP contribution in [-0.2, 0) is 16.6 Å². The SMILES string of the molecule is C#CCN(Cc1ccc(C)cc1)C(=O)c1ccc(S(=O)(=O)N2CCCCC2C)cc1. The van der Waals surface area contributed by atoms with E-state index in [1.807, 2.05) is 38.1 Å². The van der Waals surface area contributed by atoms with Gasteiger partial charge in [0.05, 0.1) is 11.4 Å². The van der Waals surface area contributed by atoms with Crippen molar-refractivity contribution in [1.29, 1.82) is 0 Å². The van der Waals surface area contributed by atoms with Gasteiger partial charge in [0, 0.05) is 24.7 Å². The minimum Gasteiger partial charge on any atom is -0.323 e. The number of benzene rings is 2. The van der Waals surface area contributed by atoms with Crippen LogP contribution in [0.5, 0.6) is 0 Å². The Kier molecular flexibility index (Phi) is 6.96. The van der Waals surface area contributed by atoms with E-state index >= 15 is 0 Å². The average molecular weight is 425 g/mol. The van der Waals surface area contributed by atoms with E-state index in [9.17, 15) is 13.2 Å². The van der Waals surface area contributed by atoms with Gasteiger partial charge in [-0.15, -0.1) is 6.42 Å². The van der Waals surface area contributed by atoms with Gasteiger partial charge in [0.2, 0.25) is 10.0 Å². The Morgan fingerprint density at radius 3 is 2.40 bits per heavy atom. The molecule has 5 nitrogen and oxygen atoms in total. The second kappa shape index (κ2) is 9.46. The minimum absolute atomic E-state index is 0.00862. The lowest BCUT2D eigenvalue weighted by Gasteiger charge is -2.32. The quantitative estimate of drug-likeness (QED) is 0.662. The molecule has 6 heteroatoms. The number of terminal acetylenes is 1. The Morgan fingerprint density at radius 2 is 1.80 bits per heavy atom. The summed E-state index contributed by atoms with van der Waals surface area (Å²) in [6, 6.07) is 14.1. The highest BCUT2D eigenvalue weighted by atomic mass is 32.2. The molecule has 0 aromatic heterocycles. The summed E-state index contributed by atoms with van der Waals surface area (Å²) in [6.07, 6.45) is 8.27. The highest BCUT2D eigenvalue weighted by molar-refractivity contribution is 7.89. The lowest BCUT2D eigenvalue weighted by atomic mass is 10.1. The lowest BCUT2D eigenvalue weighted by Crippen LogP contribution is -2.41. The summed E-state index contributed by atoms with van der Waals surface area (Å²) in [4.78, 5) is 14.8. The Morgan fingerprint density at radius 1 is 1.13 bits per heavy atom. The fourth-order valence-corrected chi connectivity index (χ4v) is 5.44. The molecule has 0 N–H and O–H groups in total. The van der Waals surface area contributed by atoms with Crippen molar-refractivity contribution in [2.45, 2.75) is 50.6 Å². The first-order chi connectivity index (χ1) is 14.3. The molecule has 158 valence electrons. The minimum atomic E-state index is -3.56. The van der Waals surface area contributed by atoms with Gasteiger partial charge in [-0.25, -0.2) is 8.42 Å². The van der Waals surface area contributed by atoms with Crippen molar-refractivity contribution in [3.63, 3.8) is 0 Å². The fourth-order valence-electron chi connectivity index (χ4n) is 3.74. The first kappa shape index (κ1) is 22.1. The van der Waals surface area contributed by atoms with Crippen LogP contribution in [0.4, 0.5) is 0 Å². The molecule has 1 fully saturated rings. The van der Waals surface area contributed by atoms with Crippen LogP contribution in [0.25, 0.3) is 0 Å². The number of amides is 1. The van der Waals surface area contributed by atoms with Crippen molar-refractivity contribution in [2.24, 2.45) is 0 Å². The standard InChI is InChI=1S/C24H28N2O3S/c1-4-16-25(18-21-10-8-19(2)9-11-21)24(27)22-12-14-23(15-13-22)30(28,29)26-17-6-5-7-20(26)3/h1,8-15,20H,5-7,16-18H2,2-3H3. The van der Waals surface area contributed by atoms with E-state index in [0.717, 1.165) is 30.4 Å². The summed E-state index contributed by atoms with van der Waals surface area (Å²) >= 11 is 0. The third-order valence-electron chi connectivity index (χ3n) is 5.51. The number of carbonyl (C=O) groups excluding carboxylic acids is 1. The van der Waals surface area contributed by atoms with Gasteiger partial charge < -0.3 is 4.90 Å². The molecule has 1 heterocycles. The monoisotopic (exact) mass is 424 g/mol. The van der Waals surface area contributed by atoms with Crippen LogP contribution in [-0.4, -0.2) is 42.7 Å². The summed E-state index contributed by atoms with van der Waals surface area (Å²) < 4.78 is 27.5. The first-order valence-electron chi connectivity index (χ1n) is 10.2. The number of hydrogen-bond acceptors (Lipinski definition) is 3. The average Bonchev–Trinajstić information content (AvgIpc) is 2.75. The van der Waals surface area contributed by atoms with Gasteiger partial charge in [0.1, 0.15) is 0 Å². The molecule has 1 aliphatic rings. The number of sulfonamides is 1. The number of rotatable bonds is 6. The normalized spacial score (nSPS) is 17.3. The third-order valence-corrected chi connectivity index (χ3v) is 7.54. The van der Waals surface area contributed by atoms with E-state index in [2.05, 4.69) is 5.92 Å². The zero-order chi connectivity index (χ0) is 21.7. The zero-order valence-electron chi connectivity index (χ0n) is 17.5. The molecule has 0 radical (unpaired) electrons. The van der Waals surface area contributed by atoms with Crippen molar-refractivity contribution in [1.82, 2.24) is 9.21 Å². The predicted octanol–water partition coefficient (Wildman–Crippen LogP) is 3.83. The molecule has 1 amide bonds. The van der Waals surface area contributed by atoms with Gasteiger partial charge in [-0.2, -0.15) is 4.31 Å². The second-order valence-corrected chi connectivity index (χ2v) is 9.73. The van der Waals surface area contributed by atoms with Crippen molar-refractivity contribution in [3.8, 4) is 12.3 Å². The van der Waals surface area contributed by atoms with Crippen LogP contribution in [0.3, 0.4) is 0 Å². The van der Waals surface area contributed by atoms with Gasteiger partial charge in [0.15, 0.2) is 0 Å². The van der Waals surface area contributed by atoms with E-state index in [-0.39, 0.29) is 23.4 Å². The molecule has 1 aliphatic heterocycles. The highest BCUT2D eigenvalue weighted by Crippen LogP contribution is 2.25. The van der Waals surface area contributed by atoms with E-state index in [1.165, 1.54) is 12.1 Å². The highest BCUT2D eigenvalue weighted by Gasteiger charge is 2.31. The summed E-state index contributed by atoms with van der Waals surface area (Å²) in [6.45, 7) is 5.06. The molecular formula is C24H28N2O3S. The molecular weight excluding hydrogens is 396 g/mol. The Bertz CT molecular complexity index is 1020. The Labute approximate surface area is 179 Å². The summed E-state index contributed by atoms with van der Waals surface area (Å²) in [5.41, 5.74) is 2.55. The molecule has 0 spiro atoms. The molecule has 0 saturated carbocycles. The molecule has 2 aromatic rings. The van der Waals surface area contributed by atoms with E-state index in [4.69, 9.17) is 6.42 Å². The maximum absolute atomic E-state index is 13.0. The van der Waals surface area contributed by atoms with Crippen LogP contribution in [0.1, 0.15) is 47.7 Å². The lowest BCUT2D eigenvalue weighted by molar-refractivity contribution is 0.0765. The van der Waals surface area contributed by atoms with Crippen molar-refractivity contribution >= 4 is 15.9 Å².